The number of carboxylic acids is 1. The molecule has 7 nitrogen and oxygen atoms in total. The van der Waals surface area contributed by atoms with Gasteiger partial charge >= 0.3 is 5.97 Å². The number of hydrogen-bond donors (Lipinski definition) is 1. The molecule has 1 unspecified atom stereocenters. The number of ether oxygens (including phenoxy) is 1. The molecule has 0 amide bonds. The zero-order valence-electron chi connectivity index (χ0n) is 10.9. The first-order valence-electron chi connectivity index (χ1n) is 6.33. The lowest BCUT2D eigenvalue weighted by atomic mass is 10.1. The lowest BCUT2D eigenvalue weighted by Gasteiger charge is -2.32. The summed E-state index contributed by atoms with van der Waals surface area (Å²) in [6, 6.07) is 6.40. The van der Waals surface area contributed by atoms with Crippen molar-refractivity contribution in [1.82, 2.24) is 4.90 Å². The van der Waals surface area contributed by atoms with Crippen LogP contribution in [0.25, 0.3) is 0 Å². The molecule has 1 aromatic carbocycles. The first-order valence-corrected chi connectivity index (χ1v) is 6.33. The number of nitrogens with zero attached hydrogens (tertiary/aromatic N) is 2. The van der Waals surface area contributed by atoms with Crippen LogP contribution in [0.2, 0.25) is 0 Å². The fourth-order valence-electron chi connectivity index (χ4n) is 2.22. The van der Waals surface area contributed by atoms with E-state index in [1.54, 1.807) is 12.1 Å². The van der Waals surface area contributed by atoms with Crippen molar-refractivity contribution in [3.05, 3.63) is 39.9 Å². The molecule has 1 heterocycles. The summed E-state index contributed by atoms with van der Waals surface area (Å²) in [5.41, 5.74) is 1.03. The van der Waals surface area contributed by atoms with Crippen molar-refractivity contribution in [2.24, 2.45) is 0 Å². The van der Waals surface area contributed by atoms with Crippen molar-refractivity contribution in [3.8, 4) is 0 Å². The molecule has 0 aromatic heterocycles. The highest BCUT2D eigenvalue weighted by atomic mass is 16.6. The van der Waals surface area contributed by atoms with E-state index in [2.05, 4.69) is 4.90 Å². The van der Waals surface area contributed by atoms with Gasteiger partial charge in [-0.15, -0.1) is 0 Å². The minimum absolute atomic E-state index is 0.00321. The highest BCUT2D eigenvalue weighted by molar-refractivity contribution is 5.67. The average Bonchev–Trinajstić information content (AvgIpc) is 2.39. The smallest absolute Gasteiger partial charge is 0.306 e. The zero-order valence-corrected chi connectivity index (χ0v) is 10.9. The molecule has 108 valence electrons. The zero-order chi connectivity index (χ0) is 14.5. The normalized spacial score (nSPS) is 19.7. The van der Waals surface area contributed by atoms with Gasteiger partial charge in [0.25, 0.3) is 5.69 Å². The van der Waals surface area contributed by atoms with Gasteiger partial charge in [-0.2, -0.15) is 0 Å². The third-order valence-corrected chi connectivity index (χ3v) is 3.18. The molecule has 1 fully saturated rings. The minimum atomic E-state index is -0.868. The quantitative estimate of drug-likeness (QED) is 0.645. The van der Waals surface area contributed by atoms with E-state index in [-0.39, 0.29) is 18.2 Å². The van der Waals surface area contributed by atoms with Crippen LogP contribution in [0.5, 0.6) is 0 Å². The van der Waals surface area contributed by atoms with Crippen LogP contribution in [0.15, 0.2) is 24.3 Å². The maximum atomic E-state index is 10.7. The summed E-state index contributed by atoms with van der Waals surface area (Å²) < 4.78 is 5.40. The maximum absolute atomic E-state index is 10.7. The summed E-state index contributed by atoms with van der Waals surface area (Å²) >= 11 is 0. The van der Waals surface area contributed by atoms with E-state index in [1.165, 1.54) is 12.1 Å². The molecule has 1 N–H and O–H groups in total. The number of non-ortho nitro benzene ring substituents is 1. The lowest BCUT2D eigenvalue weighted by molar-refractivity contribution is -0.384. The SMILES string of the molecule is O=C(O)CC1CN(Cc2ccc([N+](=O)[O-])cc2)CCO1. The Labute approximate surface area is 115 Å². The van der Waals surface area contributed by atoms with Gasteiger partial charge in [0, 0.05) is 31.8 Å². The van der Waals surface area contributed by atoms with Crippen LogP contribution >= 0.6 is 0 Å². The molecule has 0 spiro atoms. The number of aliphatic carboxylic acids is 1. The van der Waals surface area contributed by atoms with Gasteiger partial charge in [-0.05, 0) is 5.56 Å². The number of benzene rings is 1. The predicted molar refractivity (Wildman–Crippen MR) is 70.4 cm³/mol. The molecule has 2 rings (SSSR count). The van der Waals surface area contributed by atoms with Crippen LogP contribution in [0.3, 0.4) is 0 Å². The molecule has 1 aromatic rings. The van der Waals surface area contributed by atoms with Gasteiger partial charge in [0.2, 0.25) is 0 Å². The number of nitro groups is 1. The van der Waals surface area contributed by atoms with Crippen LogP contribution in [0, 0.1) is 10.1 Å². The molecule has 0 aliphatic carbocycles. The second-order valence-corrected chi connectivity index (χ2v) is 4.75. The molecule has 20 heavy (non-hydrogen) atoms. The average molecular weight is 280 g/mol. The predicted octanol–water partition coefficient (Wildman–Crippen LogP) is 1.27. The lowest BCUT2D eigenvalue weighted by Crippen LogP contribution is -2.42. The summed E-state index contributed by atoms with van der Waals surface area (Å²) in [6.07, 6.45) is -0.296. The molecule has 1 aliphatic heterocycles. The Morgan fingerprint density at radius 1 is 1.45 bits per heavy atom. The number of hydrogen-bond acceptors (Lipinski definition) is 5. The van der Waals surface area contributed by atoms with Gasteiger partial charge in [0.15, 0.2) is 0 Å². The van der Waals surface area contributed by atoms with Crippen molar-refractivity contribution in [2.75, 3.05) is 19.7 Å². The van der Waals surface area contributed by atoms with E-state index >= 15 is 0 Å². The summed E-state index contributed by atoms with van der Waals surface area (Å²) in [4.78, 5) is 22.9. The Kier molecular flexibility index (Phi) is 4.65. The molecular weight excluding hydrogens is 264 g/mol. The van der Waals surface area contributed by atoms with Gasteiger partial charge in [0.1, 0.15) is 0 Å². The van der Waals surface area contributed by atoms with E-state index in [0.717, 1.165) is 12.1 Å². The molecule has 0 bridgehead atoms. The largest absolute Gasteiger partial charge is 0.481 e. The Balaban J connectivity index is 1.92. The molecule has 1 aliphatic rings. The van der Waals surface area contributed by atoms with Crippen LogP contribution < -0.4 is 0 Å². The van der Waals surface area contributed by atoms with Crippen LogP contribution in [-0.2, 0) is 16.1 Å². The van der Waals surface area contributed by atoms with Gasteiger partial charge in [-0.1, -0.05) is 12.1 Å². The van der Waals surface area contributed by atoms with Gasteiger partial charge in [0.05, 0.1) is 24.1 Å². The Bertz CT molecular complexity index is 488. The van der Waals surface area contributed by atoms with E-state index in [4.69, 9.17) is 9.84 Å². The second kappa shape index (κ2) is 6.44. The van der Waals surface area contributed by atoms with Gasteiger partial charge in [-0.25, -0.2) is 0 Å². The standard InChI is InChI=1S/C13H16N2O5/c16-13(17)7-12-9-14(5-6-20-12)8-10-1-3-11(4-2-10)15(18)19/h1-4,12H,5-9H2,(H,16,17). The van der Waals surface area contributed by atoms with Crippen LogP contribution in [-0.4, -0.2) is 46.7 Å². The fraction of sp³-hybridized carbons (Fsp3) is 0.462. The number of carboxylic acid groups (broad SMARTS) is 1. The third kappa shape index (κ3) is 4.01. The number of carbonyl (C=O) groups is 1. The van der Waals surface area contributed by atoms with Crippen LogP contribution in [0.4, 0.5) is 5.69 Å². The molecule has 0 saturated carbocycles. The van der Waals surface area contributed by atoms with E-state index in [0.29, 0.717) is 19.7 Å². The van der Waals surface area contributed by atoms with Crippen LogP contribution in [0.1, 0.15) is 12.0 Å². The number of rotatable bonds is 5. The Morgan fingerprint density at radius 3 is 2.75 bits per heavy atom. The molecule has 0 radical (unpaired) electrons. The monoisotopic (exact) mass is 280 g/mol. The first-order chi connectivity index (χ1) is 9.54. The van der Waals surface area contributed by atoms with Crippen molar-refractivity contribution in [2.45, 2.75) is 19.1 Å². The highest BCUT2D eigenvalue weighted by Crippen LogP contribution is 2.16. The van der Waals surface area contributed by atoms with Gasteiger partial charge in [-0.3, -0.25) is 19.8 Å². The number of morpholine rings is 1. The van der Waals surface area contributed by atoms with Crippen molar-refractivity contribution in [3.63, 3.8) is 0 Å². The summed E-state index contributed by atoms with van der Waals surface area (Å²) in [7, 11) is 0. The van der Waals surface area contributed by atoms with Crippen molar-refractivity contribution in [1.29, 1.82) is 0 Å². The Morgan fingerprint density at radius 2 is 2.15 bits per heavy atom. The summed E-state index contributed by atoms with van der Waals surface area (Å²) in [5, 5.41) is 19.3. The van der Waals surface area contributed by atoms with Crippen molar-refractivity contribution < 1.29 is 19.6 Å². The molecular formula is C13H16N2O5. The molecule has 7 heteroatoms. The summed E-state index contributed by atoms with van der Waals surface area (Å²) in [5.74, 6) is -0.868. The third-order valence-electron chi connectivity index (χ3n) is 3.18. The Hall–Kier alpha value is -1.99. The van der Waals surface area contributed by atoms with E-state index in [9.17, 15) is 14.9 Å². The summed E-state index contributed by atoms with van der Waals surface area (Å²) in [6.45, 7) is 2.43. The molecule has 1 atom stereocenters. The van der Waals surface area contributed by atoms with Gasteiger partial charge < -0.3 is 9.84 Å². The van der Waals surface area contributed by atoms with Crippen molar-refractivity contribution >= 4 is 11.7 Å². The number of nitro benzene ring substituents is 1. The topological polar surface area (TPSA) is 92.9 Å². The van der Waals surface area contributed by atoms with E-state index in [1.807, 2.05) is 0 Å². The first kappa shape index (κ1) is 14.4. The maximum Gasteiger partial charge on any atom is 0.306 e. The second-order valence-electron chi connectivity index (χ2n) is 4.75. The van der Waals surface area contributed by atoms with E-state index < -0.39 is 10.9 Å². The highest BCUT2D eigenvalue weighted by Gasteiger charge is 2.22. The minimum Gasteiger partial charge on any atom is -0.481 e. The molecule has 1 saturated heterocycles. The fourth-order valence-corrected chi connectivity index (χ4v) is 2.22.